The Morgan fingerprint density at radius 3 is 2.61 bits per heavy atom. The van der Waals surface area contributed by atoms with Crippen LogP contribution in [0.1, 0.15) is 18.1 Å². The van der Waals surface area contributed by atoms with Crippen molar-refractivity contribution >= 4 is 32.6 Å². The minimum absolute atomic E-state index is 0.0705. The number of nitrogens with one attached hydrogen (secondary N) is 1. The van der Waals surface area contributed by atoms with E-state index in [1.54, 1.807) is 11.3 Å². The van der Waals surface area contributed by atoms with Crippen LogP contribution in [0.15, 0.2) is 42.5 Å². The molecule has 28 heavy (non-hydrogen) atoms. The molecule has 1 heterocycles. The highest BCUT2D eigenvalue weighted by Crippen LogP contribution is 2.30. The lowest BCUT2D eigenvalue weighted by Gasteiger charge is -2.20. The van der Waals surface area contributed by atoms with E-state index in [9.17, 15) is 4.79 Å². The predicted octanol–water partition coefficient (Wildman–Crippen LogP) is 2.72. The molecule has 2 aromatic carbocycles. The van der Waals surface area contributed by atoms with Gasteiger partial charge in [0.2, 0.25) is 5.91 Å². The van der Waals surface area contributed by atoms with Crippen molar-refractivity contribution in [3.63, 3.8) is 0 Å². The first-order chi connectivity index (χ1) is 13.5. The van der Waals surface area contributed by atoms with E-state index >= 15 is 0 Å². The molecule has 0 saturated heterocycles. The number of amides is 1. The van der Waals surface area contributed by atoms with Crippen LogP contribution in [0.3, 0.4) is 0 Å². The first-order valence-corrected chi connectivity index (χ1v) is 10.5. The molecule has 6 heteroatoms. The molecule has 3 aromatic rings. The number of hydrogen-bond donors (Lipinski definition) is 1. The van der Waals surface area contributed by atoms with Crippen LogP contribution in [0, 0.1) is 6.92 Å². The molecule has 0 atom stereocenters. The number of aryl methyl sites for hydroxylation is 1. The third-order valence-electron chi connectivity index (χ3n) is 4.49. The lowest BCUT2D eigenvalue weighted by molar-refractivity contribution is -0.856. The van der Waals surface area contributed by atoms with Crippen molar-refractivity contribution in [2.45, 2.75) is 20.3 Å². The average Bonchev–Trinajstić information content (AvgIpc) is 3.06. The molecule has 0 fully saturated rings. The molecule has 0 radical (unpaired) electrons. The monoisotopic (exact) mass is 398 g/mol. The number of aromatic nitrogens is 1. The van der Waals surface area contributed by atoms with E-state index in [2.05, 4.69) is 33.2 Å². The Kier molecular flexibility index (Phi) is 6.65. The van der Waals surface area contributed by atoms with Crippen molar-refractivity contribution in [1.82, 2.24) is 4.98 Å². The molecule has 0 aliphatic rings. The Morgan fingerprint density at radius 1 is 1.18 bits per heavy atom. The third kappa shape index (κ3) is 5.09. The SMILES string of the molecule is CCOc1ccc(CC(=O)N(CC[NH+](C)C)c2nc3ccc(C)cc3s2)cc1. The second kappa shape index (κ2) is 9.17. The van der Waals surface area contributed by atoms with Crippen LogP contribution in [-0.2, 0) is 11.2 Å². The van der Waals surface area contributed by atoms with Gasteiger partial charge in [0.15, 0.2) is 5.13 Å². The minimum Gasteiger partial charge on any atom is -0.494 e. The van der Waals surface area contributed by atoms with Crippen LogP contribution in [-0.4, -0.2) is 44.7 Å². The molecule has 0 aliphatic carbocycles. The lowest BCUT2D eigenvalue weighted by Crippen LogP contribution is -3.06. The van der Waals surface area contributed by atoms with Gasteiger partial charge in [-0.3, -0.25) is 9.69 Å². The van der Waals surface area contributed by atoms with Crippen LogP contribution in [0.25, 0.3) is 10.2 Å². The summed E-state index contributed by atoms with van der Waals surface area (Å²) in [7, 11) is 4.19. The number of carbonyl (C=O) groups is 1. The van der Waals surface area contributed by atoms with E-state index in [4.69, 9.17) is 9.72 Å². The highest BCUT2D eigenvalue weighted by Gasteiger charge is 2.21. The molecule has 1 N–H and O–H groups in total. The molecule has 0 aliphatic heterocycles. The summed E-state index contributed by atoms with van der Waals surface area (Å²) >= 11 is 1.58. The van der Waals surface area contributed by atoms with Crippen molar-refractivity contribution < 1.29 is 14.4 Å². The van der Waals surface area contributed by atoms with Crippen LogP contribution < -0.4 is 14.5 Å². The molecule has 148 valence electrons. The summed E-state index contributed by atoms with van der Waals surface area (Å²) in [5.74, 6) is 0.898. The molecule has 0 saturated carbocycles. The Morgan fingerprint density at radius 2 is 1.93 bits per heavy atom. The van der Waals surface area contributed by atoms with Gasteiger partial charge in [0, 0.05) is 0 Å². The largest absolute Gasteiger partial charge is 0.494 e. The van der Waals surface area contributed by atoms with Crippen molar-refractivity contribution in [2.75, 3.05) is 38.7 Å². The molecule has 0 bridgehead atoms. The second-order valence-electron chi connectivity index (χ2n) is 7.22. The lowest BCUT2D eigenvalue weighted by atomic mass is 10.1. The fourth-order valence-corrected chi connectivity index (χ4v) is 4.04. The number of benzene rings is 2. The van der Waals surface area contributed by atoms with Gasteiger partial charge in [-0.1, -0.05) is 29.5 Å². The zero-order valence-electron chi connectivity index (χ0n) is 17.0. The molecular weight excluding hydrogens is 370 g/mol. The molecule has 5 nitrogen and oxygen atoms in total. The Bertz CT molecular complexity index is 935. The number of fused-ring (bicyclic) bond motifs is 1. The summed E-state index contributed by atoms with van der Waals surface area (Å²) in [5.41, 5.74) is 3.13. The summed E-state index contributed by atoms with van der Waals surface area (Å²) in [6.07, 6.45) is 0.351. The van der Waals surface area contributed by atoms with Gasteiger partial charge < -0.3 is 9.64 Å². The van der Waals surface area contributed by atoms with Gasteiger partial charge in [0.05, 0.1) is 50.4 Å². The van der Waals surface area contributed by atoms with Crippen molar-refractivity contribution in [1.29, 1.82) is 0 Å². The number of carbonyl (C=O) groups excluding carboxylic acids is 1. The van der Waals surface area contributed by atoms with Gasteiger partial charge in [0.25, 0.3) is 0 Å². The Balaban J connectivity index is 1.82. The number of thiazole rings is 1. The number of quaternary nitrogens is 1. The number of rotatable bonds is 8. The normalized spacial score (nSPS) is 11.2. The quantitative estimate of drug-likeness (QED) is 0.635. The molecule has 1 aromatic heterocycles. The van der Waals surface area contributed by atoms with Gasteiger partial charge in [0.1, 0.15) is 5.75 Å². The minimum atomic E-state index is 0.0705. The van der Waals surface area contributed by atoms with E-state index in [1.165, 1.54) is 10.5 Å². The maximum atomic E-state index is 13.1. The van der Waals surface area contributed by atoms with E-state index in [-0.39, 0.29) is 5.91 Å². The number of likely N-dealkylation sites (N-methyl/N-ethyl adjacent to an activating group) is 1. The molecule has 0 unspecified atom stereocenters. The van der Waals surface area contributed by atoms with Gasteiger partial charge >= 0.3 is 0 Å². The summed E-state index contributed by atoms with van der Waals surface area (Å²) < 4.78 is 6.60. The second-order valence-corrected chi connectivity index (χ2v) is 8.23. The highest BCUT2D eigenvalue weighted by atomic mass is 32.1. The smallest absolute Gasteiger partial charge is 0.233 e. The fourth-order valence-electron chi connectivity index (χ4n) is 2.94. The highest BCUT2D eigenvalue weighted by molar-refractivity contribution is 7.22. The molecular formula is C22H28N3O2S+. The first-order valence-electron chi connectivity index (χ1n) is 9.64. The molecule has 0 spiro atoms. The molecule has 1 amide bonds. The fraction of sp³-hybridized carbons (Fsp3) is 0.364. The van der Waals surface area contributed by atoms with Crippen LogP contribution in [0.2, 0.25) is 0 Å². The Hall–Kier alpha value is -2.44. The zero-order valence-corrected chi connectivity index (χ0v) is 17.8. The summed E-state index contributed by atoms with van der Waals surface area (Å²) in [6.45, 7) is 6.18. The van der Waals surface area contributed by atoms with E-state index < -0.39 is 0 Å². The van der Waals surface area contributed by atoms with Crippen molar-refractivity contribution in [3.05, 3.63) is 53.6 Å². The third-order valence-corrected chi connectivity index (χ3v) is 5.53. The summed E-state index contributed by atoms with van der Waals surface area (Å²) in [5, 5.41) is 0.776. The van der Waals surface area contributed by atoms with Gasteiger partial charge in [-0.15, -0.1) is 0 Å². The number of anilines is 1. The van der Waals surface area contributed by atoms with E-state index in [0.29, 0.717) is 19.6 Å². The van der Waals surface area contributed by atoms with Crippen LogP contribution in [0.4, 0.5) is 5.13 Å². The maximum absolute atomic E-state index is 13.1. The zero-order chi connectivity index (χ0) is 20.1. The summed E-state index contributed by atoms with van der Waals surface area (Å²) in [4.78, 5) is 21.0. The molecule has 3 rings (SSSR count). The van der Waals surface area contributed by atoms with Crippen LogP contribution >= 0.6 is 11.3 Å². The topological polar surface area (TPSA) is 46.9 Å². The van der Waals surface area contributed by atoms with Crippen molar-refractivity contribution in [3.8, 4) is 5.75 Å². The van der Waals surface area contributed by atoms with Gasteiger partial charge in [-0.2, -0.15) is 0 Å². The average molecular weight is 399 g/mol. The standard InChI is InChI=1S/C22H27N3O2S/c1-5-27-18-9-7-17(8-10-18)15-21(26)25(13-12-24(3)4)22-23-19-11-6-16(2)14-20(19)28-22/h6-11,14H,5,12-13,15H2,1-4H3/p+1. The van der Waals surface area contributed by atoms with Crippen LogP contribution in [0.5, 0.6) is 5.75 Å². The predicted molar refractivity (Wildman–Crippen MR) is 116 cm³/mol. The number of hydrogen-bond acceptors (Lipinski definition) is 4. The first kappa shape index (κ1) is 20.3. The van der Waals surface area contributed by atoms with Gasteiger partial charge in [-0.25, -0.2) is 4.98 Å². The van der Waals surface area contributed by atoms with Gasteiger partial charge in [-0.05, 0) is 49.2 Å². The number of nitrogens with zero attached hydrogens (tertiary/aromatic N) is 2. The van der Waals surface area contributed by atoms with E-state index in [0.717, 1.165) is 33.2 Å². The number of ether oxygens (including phenoxy) is 1. The summed E-state index contributed by atoms with van der Waals surface area (Å²) in [6, 6.07) is 14.0. The Labute approximate surface area is 170 Å². The maximum Gasteiger partial charge on any atom is 0.233 e. The van der Waals surface area contributed by atoms with Crippen molar-refractivity contribution in [2.24, 2.45) is 0 Å². The van der Waals surface area contributed by atoms with E-state index in [1.807, 2.05) is 42.2 Å².